The van der Waals surface area contributed by atoms with Crippen molar-refractivity contribution in [2.45, 2.75) is 25.2 Å². The first-order valence-electron chi connectivity index (χ1n) is 6.71. The van der Waals surface area contributed by atoms with E-state index in [0.717, 1.165) is 6.26 Å². The summed E-state index contributed by atoms with van der Waals surface area (Å²) in [6, 6.07) is 5.68. The van der Waals surface area contributed by atoms with Crippen molar-refractivity contribution >= 4 is 21.7 Å². The third-order valence-electron chi connectivity index (χ3n) is 3.03. The summed E-state index contributed by atoms with van der Waals surface area (Å²) in [7, 11) is -3.75. The molecule has 0 aliphatic heterocycles. The number of aromatic carboxylic acids is 1. The molecule has 0 radical (unpaired) electrons. The summed E-state index contributed by atoms with van der Waals surface area (Å²) in [6.07, 6.45) is 2.97. The van der Waals surface area contributed by atoms with Crippen molar-refractivity contribution in [3.8, 4) is 0 Å². The van der Waals surface area contributed by atoms with E-state index in [1.54, 1.807) is 0 Å². The molecular formula is C15H17NO5S. The molecule has 0 atom stereocenters. The van der Waals surface area contributed by atoms with Crippen molar-refractivity contribution in [3.63, 3.8) is 0 Å². The molecule has 2 aromatic rings. The van der Waals surface area contributed by atoms with Gasteiger partial charge in [-0.1, -0.05) is 13.8 Å². The molecular weight excluding hydrogens is 306 g/mol. The Balaban J connectivity index is 2.39. The number of furan rings is 1. The normalized spacial score (nSPS) is 11.6. The molecule has 7 heteroatoms. The molecule has 0 bridgehead atoms. The van der Waals surface area contributed by atoms with E-state index < -0.39 is 16.0 Å². The number of carbonyl (C=O) groups is 1. The number of carboxylic acids is 1. The minimum atomic E-state index is -3.75. The molecule has 0 aliphatic rings. The van der Waals surface area contributed by atoms with E-state index in [1.807, 2.05) is 13.8 Å². The summed E-state index contributed by atoms with van der Waals surface area (Å²) in [4.78, 5) is 11.1. The summed E-state index contributed by atoms with van der Waals surface area (Å²) in [5.74, 6) is -0.796. The van der Waals surface area contributed by atoms with E-state index in [2.05, 4.69) is 4.72 Å². The van der Waals surface area contributed by atoms with Gasteiger partial charge in [-0.25, -0.2) is 13.2 Å². The number of anilines is 1. The lowest BCUT2D eigenvalue weighted by atomic mass is 9.99. The summed E-state index contributed by atoms with van der Waals surface area (Å²) < 4.78 is 31.7. The van der Waals surface area contributed by atoms with Gasteiger partial charge < -0.3 is 9.52 Å². The zero-order valence-electron chi connectivity index (χ0n) is 12.2. The van der Waals surface area contributed by atoms with E-state index in [1.165, 1.54) is 30.5 Å². The summed E-state index contributed by atoms with van der Waals surface area (Å²) in [5.41, 5.74) is 1.14. The fourth-order valence-corrected chi connectivity index (χ4v) is 3.07. The van der Waals surface area contributed by atoms with E-state index in [4.69, 9.17) is 9.52 Å². The van der Waals surface area contributed by atoms with E-state index >= 15 is 0 Å². The Hall–Kier alpha value is -2.28. The number of nitrogens with one attached hydrogen (secondary N) is 1. The maximum atomic E-state index is 12.2. The number of benzene rings is 1. The van der Waals surface area contributed by atoms with E-state index in [0.29, 0.717) is 17.7 Å². The number of carboxylic acid groups (broad SMARTS) is 1. The van der Waals surface area contributed by atoms with Crippen LogP contribution in [0.3, 0.4) is 0 Å². The van der Waals surface area contributed by atoms with Crippen LogP contribution < -0.4 is 4.72 Å². The maximum Gasteiger partial charge on any atom is 0.335 e. The SMILES string of the molecule is CC(C)Cc1cc(C(=O)O)ccc1NS(=O)(=O)c1ccoc1. The zero-order valence-corrected chi connectivity index (χ0v) is 13.1. The van der Waals surface area contributed by atoms with Crippen LogP contribution in [0.1, 0.15) is 29.8 Å². The Morgan fingerprint density at radius 3 is 2.59 bits per heavy atom. The van der Waals surface area contributed by atoms with E-state index in [9.17, 15) is 13.2 Å². The first-order valence-corrected chi connectivity index (χ1v) is 8.19. The fourth-order valence-electron chi connectivity index (χ4n) is 2.04. The smallest absolute Gasteiger partial charge is 0.335 e. The van der Waals surface area contributed by atoms with Gasteiger partial charge in [0, 0.05) is 0 Å². The first kappa shape index (κ1) is 16.1. The third kappa shape index (κ3) is 3.67. The largest absolute Gasteiger partial charge is 0.478 e. The Labute approximate surface area is 128 Å². The zero-order chi connectivity index (χ0) is 16.3. The highest BCUT2D eigenvalue weighted by Crippen LogP contribution is 2.24. The highest BCUT2D eigenvalue weighted by Gasteiger charge is 2.18. The van der Waals surface area contributed by atoms with Crippen molar-refractivity contribution in [2.75, 3.05) is 4.72 Å². The van der Waals surface area contributed by atoms with Crippen LogP contribution in [0.15, 0.2) is 46.1 Å². The summed E-state index contributed by atoms with van der Waals surface area (Å²) in [6.45, 7) is 3.95. The van der Waals surface area contributed by atoms with Gasteiger partial charge in [0.1, 0.15) is 11.2 Å². The highest BCUT2D eigenvalue weighted by atomic mass is 32.2. The number of hydrogen-bond acceptors (Lipinski definition) is 4. The number of sulfonamides is 1. The van der Waals surface area contributed by atoms with Crippen molar-refractivity contribution in [1.29, 1.82) is 0 Å². The lowest BCUT2D eigenvalue weighted by Gasteiger charge is -2.14. The average molecular weight is 323 g/mol. The average Bonchev–Trinajstić information content (AvgIpc) is 2.94. The third-order valence-corrected chi connectivity index (χ3v) is 4.37. The minimum Gasteiger partial charge on any atom is -0.478 e. The van der Waals surface area contributed by atoms with Crippen LogP contribution in [0, 0.1) is 5.92 Å². The lowest BCUT2D eigenvalue weighted by Crippen LogP contribution is -2.14. The van der Waals surface area contributed by atoms with Gasteiger partial charge in [-0.3, -0.25) is 4.72 Å². The predicted molar refractivity (Wildman–Crippen MR) is 81.5 cm³/mol. The molecule has 0 aliphatic carbocycles. The summed E-state index contributed by atoms with van der Waals surface area (Å²) in [5, 5.41) is 9.07. The standard InChI is InChI=1S/C15H17NO5S/c1-10(2)7-12-8-11(15(17)18)3-4-14(12)16-22(19,20)13-5-6-21-9-13/h3-6,8-10,16H,7H2,1-2H3,(H,17,18). The molecule has 2 N–H and O–H groups in total. The Bertz CT molecular complexity index is 763. The highest BCUT2D eigenvalue weighted by molar-refractivity contribution is 7.92. The molecule has 1 aromatic carbocycles. The van der Waals surface area contributed by atoms with Gasteiger partial charge in [-0.2, -0.15) is 0 Å². The predicted octanol–water partition coefficient (Wildman–Crippen LogP) is 2.98. The Morgan fingerprint density at radius 1 is 1.32 bits per heavy atom. The van der Waals surface area contributed by atoms with Crippen LogP contribution in [0.25, 0.3) is 0 Å². The Morgan fingerprint density at radius 2 is 2.05 bits per heavy atom. The van der Waals surface area contributed by atoms with Crippen LogP contribution in [-0.2, 0) is 16.4 Å². The minimum absolute atomic E-state index is 0.0188. The molecule has 0 spiro atoms. The molecule has 1 aromatic heterocycles. The topological polar surface area (TPSA) is 96.6 Å². The fraction of sp³-hybridized carbons (Fsp3) is 0.267. The number of hydrogen-bond donors (Lipinski definition) is 2. The summed E-state index contributed by atoms with van der Waals surface area (Å²) >= 11 is 0. The monoisotopic (exact) mass is 323 g/mol. The van der Waals surface area contributed by atoms with Crippen LogP contribution in [0.2, 0.25) is 0 Å². The van der Waals surface area contributed by atoms with Gasteiger partial charge in [0.25, 0.3) is 10.0 Å². The lowest BCUT2D eigenvalue weighted by molar-refractivity contribution is 0.0696. The van der Waals surface area contributed by atoms with Crippen molar-refractivity contribution in [3.05, 3.63) is 47.9 Å². The second-order valence-electron chi connectivity index (χ2n) is 5.34. The van der Waals surface area contributed by atoms with Crippen LogP contribution >= 0.6 is 0 Å². The first-order chi connectivity index (χ1) is 10.3. The molecule has 118 valence electrons. The molecule has 0 saturated carbocycles. The molecule has 0 saturated heterocycles. The second kappa shape index (κ2) is 6.23. The molecule has 0 amide bonds. The van der Waals surface area contributed by atoms with Gasteiger partial charge in [0.2, 0.25) is 0 Å². The van der Waals surface area contributed by atoms with Gasteiger partial charge in [0.15, 0.2) is 0 Å². The van der Waals surface area contributed by atoms with Crippen molar-refractivity contribution in [1.82, 2.24) is 0 Å². The van der Waals surface area contributed by atoms with Gasteiger partial charge in [-0.15, -0.1) is 0 Å². The molecule has 2 rings (SSSR count). The van der Waals surface area contributed by atoms with Crippen molar-refractivity contribution in [2.24, 2.45) is 5.92 Å². The van der Waals surface area contributed by atoms with Crippen molar-refractivity contribution < 1.29 is 22.7 Å². The van der Waals surface area contributed by atoms with E-state index in [-0.39, 0.29) is 16.4 Å². The molecule has 6 nitrogen and oxygen atoms in total. The number of rotatable bonds is 6. The van der Waals surface area contributed by atoms with Gasteiger partial charge in [-0.05, 0) is 42.2 Å². The molecule has 0 fully saturated rings. The molecule has 0 unspecified atom stereocenters. The quantitative estimate of drug-likeness (QED) is 0.852. The van der Waals surface area contributed by atoms with Crippen LogP contribution in [0.5, 0.6) is 0 Å². The maximum absolute atomic E-state index is 12.2. The van der Waals surface area contributed by atoms with Gasteiger partial charge in [0.05, 0.1) is 17.5 Å². The molecule has 1 heterocycles. The second-order valence-corrected chi connectivity index (χ2v) is 7.02. The Kier molecular flexibility index (Phi) is 4.56. The van der Waals surface area contributed by atoms with Crippen LogP contribution in [-0.4, -0.2) is 19.5 Å². The molecule has 22 heavy (non-hydrogen) atoms. The van der Waals surface area contributed by atoms with Gasteiger partial charge >= 0.3 is 5.97 Å². The van der Waals surface area contributed by atoms with Crippen LogP contribution in [0.4, 0.5) is 5.69 Å².